The summed E-state index contributed by atoms with van der Waals surface area (Å²) >= 11 is 0. The van der Waals surface area contributed by atoms with Gasteiger partial charge in [-0.25, -0.2) is 13.8 Å². The molecular weight excluding hydrogens is 436 g/mol. The monoisotopic (exact) mass is 463 g/mol. The number of hydrogen-bond acceptors (Lipinski definition) is 4. The van der Waals surface area contributed by atoms with Crippen LogP contribution in [0.25, 0.3) is 22.2 Å². The number of nitrogens with zero attached hydrogens (tertiary/aromatic N) is 2. The van der Waals surface area contributed by atoms with Crippen LogP contribution in [0.15, 0.2) is 66.7 Å². The number of carbonyl (C=O) groups is 1. The smallest absolute Gasteiger partial charge is 0.287 e. The maximum atomic E-state index is 13.8. The lowest BCUT2D eigenvalue weighted by molar-refractivity contribution is 0.0937. The van der Waals surface area contributed by atoms with Crippen LogP contribution in [-0.4, -0.2) is 34.6 Å². The largest absolute Gasteiger partial charge is 0.348 e. The Hall–Kier alpha value is -3.62. The Labute approximate surface area is 196 Å². The van der Waals surface area contributed by atoms with Gasteiger partial charge < -0.3 is 21.4 Å². The van der Waals surface area contributed by atoms with Gasteiger partial charge in [0.05, 0.1) is 11.0 Å². The fraction of sp³-hybridized carbons (Fsp3) is 0.231. The van der Waals surface area contributed by atoms with Crippen molar-refractivity contribution in [2.24, 2.45) is 11.5 Å². The summed E-state index contributed by atoms with van der Waals surface area (Å²) in [6.45, 7) is 1.28. The van der Waals surface area contributed by atoms with Gasteiger partial charge in [-0.15, -0.1) is 0 Å². The third-order valence-corrected chi connectivity index (χ3v) is 5.69. The first-order valence-electron chi connectivity index (χ1n) is 11.2. The Morgan fingerprint density at radius 1 is 1.00 bits per heavy atom. The molecule has 0 aliphatic rings. The van der Waals surface area contributed by atoms with Gasteiger partial charge in [0.25, 0.3) is 5.91 Å². The lowest BCUT2D eigenvalue weighted by Gasteiger charge is -2.13. The van der Waals surface area contributed by atoms with Crippen molar-refractivity contribution < 1.29 is 13.6 Å². The molecule has 1 atom stereocenters. The standard InChI is InChI=1S/C26H27F2N5O/c27-21-10-8-18(13-22(21)28)19-9-11-23-24(14-19)33(16-17-5-2-1-3-6-17)25(32-23)26(34)31-15-20(30)7-4-12-29/h1-3,5-6,8-11,13-14,20H,4,7,12,15-16,29-30H2,(H,31,34)/t20-/m0/s1. The molecule has 3 aromatic carbocycles. The fourth-order valence-corrected chi connectivity index (χ4v) is 3.86. The van der Waals surface area contributed by atoms with E-state index < -0.39 is 11.6 Å². The number of hydrogen-bond donors (Lipinski definition) is 3. The Balaban J connectivity index is 1.71. The Morgan fingerprint density at radius 3 is 2.47 bits per heavy atom. The highest BCUT2D eigenvalue weighted by atomic mass is 19.2. The number of fused-ring (bicyclic) bond motifs is 1. The molecule has 0 saturated heterocycles. The maximum absolute atomic E-state index is 13.8. The minimum Gasteiger partial charge on any atom is -0.348 e. The molecular formula is C26H27F2N5O. The van der Waals surface area contributed by atoms with E-state index in [-0.39, 0.29) is 17.8 Å². The molecule has 0 bridgehead atoms. The van der Waals surface area contributed by atoms with Crippen LogP contribution in [0.5, 0.6) is 0 Å². The average molecular weight is 464 g/mol. The van der Waals surface area contributed by atoms with Crippen LogP contribution in [0.3, 0.4) is 0 Å². The number of imidazole rings is 1. The molecule has 1 amide bonds. The van der Waals surface area contributed by atoms with E-state index in [1.165, 1.54) is 6.07 Å². The molecule has 1 aromatic heterocycles. The Bertz CT molecular complexity index is 1290. The van der Waals surface area contributed by atoms with Crippen molar-refractivity contribution in [1.29, 1.82) is 0 Å². The summed E-state index contributed by atoms with van der Waals surface area (Å²) in [5.41, 5.74) is 15.2. The van der Waals surface area contributed by atoms with Crippen LogP contribution in [0.1, 0.15) is 29.0 Å². The van der Waals surface area contributed by atoms with Gasteiger partial charge in [0.2, 0.25) is 0 Å². The number of rotatable bonds is 9. The summed E-state index contributed by atoms with van der Waals surface area (Å²) in [5, 5.41) is 2.88. The molecule has 176 valence electrons. The van der Waals surface area contributed by atoms with Gasteiger partial charge in [0.15, 0.2) is 17.5 Å². The Morgan fingerprint density at radius 2 is 1.74 bits per heavy atom. The Kier molecular flexibility index (Phi) is 7.30. The summed E-state index contributed by atoms with van der Waals surface area (Å²) in [5.74, 6) is -1.89. The highest BCUT2D eigenvalue weighted by Gasteiger charge is 2.19. The van der Waals surface area contributed by atoms with Crippen molar-refractivity contribution in [2.75, 3.05) is 13.1 Å². The molecule has 0 unspecified atom stereocenters. The first-order chi connectivity index (χ1) is 16.5. The van der Waals surface area contributed by atoms with E-state index in [0.29, 0.717) is 41.8 Å². The summed E-state index contributed by atoms with van der Waals surface area (Å²) in [7, 11) is 0. The van der Waals surface area contributed by atoms with Gasteiger partial charge in [-0.3, -0.25) is 4.79 Å². The number of halogens is 2. The number of benzene rings is 3. The van der Waals surface area contributed by atoms with Crippen molar-refractivity contribution >= 4 is 16.9 Å². The van der Waals surface area contributed by atoms with Crippen LogP contribution in [-0.2, 0) is 6.54 Å². The number of aromatic nitrogens is 2. The summed E-state index contributed by atoms with van der Waals surface area (Å²) < 4.78 is 29.1. The van der Waals surface area contributed by atoms with Crippen molar-refractivity contribution in [1.82, 2.24) is 14.9 Å². The first kappa shape index (κ1) is 23.5. The minimum atomic E-state index is -0.915. The molecule has 8 heteroatoms. The SMILES string of the molecule is NCCC[C@H](N)CNC(=O)c1nc2ccc(-c3ccc(F)c(F)c3)cc2n1Cc1ccccc1. The van der Waals surface area contributed by atoms with Gasteiger partial charge in [-0.2, -0.15) is 0 Å². The van der Waals surface area contributed by atoms with Crippen LogP contribution in [0.4, 0.5) is 8.78 Å². The summed E-state index contributed by atoms with van der Waals surface area (Å²) in [6, 6.07) is 18.7. The van der Waals surface area contributed by atoms with Crippen molar-refractivity contribution in [3.63, 3.8) is 0 Å². The summed E-state index contributed by atoms with van der Waals surface area (Å²) in [4.78, 5) is 17.6. The molecule has 4 rings (SSSR count). The second-order valence-corrected chi connectivity index (χ2v) is 8.24. The predicted octanol–water partition coefficient (Wildman–Crippen LogP) is 3.83. The molecule has 34 heavy (non-hydrogen) atoms. The van der Waals surface area contributed by atoms with Crippen LogP contribution in [0.2, 0.25) is 0 Å². The van der Waals surface area contributed by atoms with E-state index >= 15 is 0 Å². The molecule has 0 aliphatic heterocycles. The number of amides is 1. The van der Waals surface area contributed by atoms with Gasteiger partial charge >= 0.3 is 0 Å². The van der Waals surface area contributed by atoms with Crippen molar-refractivity contribution in [2.45, 2.75) is 25.4 Å². The number of nitrogens with one attached hydrogen (secondary N) is 1. The maximum Gasteiger partial charge on any atom is 0.287 e. The molecule has 5 N–H and O–H groups in total. The van der Waals surface area contributed by atoms with Gasteiger partial charge in [0, 0.05) is 19.1 Å². The van der Waals surface area contributed by atoms with E-state index in [1.54, 1.807) is 12.1 Å². The fourth-order valence-electron chi connectivity index (χ4n) is 3.86. The second kappa shape index (κ2) is 10.5. The number of nitrogens with two attached hydrogens (primary N) is 2. The zero-order chi connectivity index (χ0) is 24.1. The topological polar surface area (TPSA) is 99.0 Å². The van der Waals surface area contributed by atoms with Crippen LogP contribution < -0.4 is 16.8 Å². The van der Waals surface area contributed by atoms with Gasteiger partial charge in [-0.05, 0) is 60.3 Å². The van der Waals surface area contributed by atoms with Gasteiger partial charge in [0.1, 0.15) is 0 Å². The molecule has 0 spiro atoms. The summed E-state index contributed by atoms with van der Waals surface area (Å²) in [6.07, 6.45) is 1.51. The second-order valence-electron chi connectivity index (χ2n) is 8.24. The van der Waals surface area contributed by atoms with Crippen molar-refractivity contribution in [3.05, 3.63) is 89.8 Å². The molecule has 1 heterocycles. The van der Waals surface area contributed by atoms with E-state index in [0.717, 1.165) is 30.5 Å². The van der Waals surface area contributed by atoms with Crippen molar-refractivity contribution in [3.8, 4) is 11.1 Å². The highest BCUT2D eigenvalue weighted by Crippen LogP contribution is 2.27. The zero-order valence-corrected chi connectivity index (χ0v) is 18.7. The average Bonchev–Trinajstić information content (AvgIpc) is 3.21. The minimum absolute atomic E-state index is 0.195. The van der Waals surface area contributed by atoms with E-state index in [2.05, 4.69) is 10.3 Å². The quantitative estimate of drug-likeness (QED) is 0.351. The highest BCUT2D eigenvalue weighted by molar-refractivity contribution is 5.95. The van der Waals surface area contributed by atoms with E-state index in [9.17, 15) is 13.6 Å². The van der Waals surface area contributed by atoms with E-state index in [4.69, 9.17) is 11.5 Å². The zero-order valence-electron chi connectivity index (χ0n) is 18.7. The third-order valence-electron chi connectivity index (χ3n) is 5.69. The lowest BCUT2D eigenvalue weighted by atomic mass is 10.0. The van der Waals surface area contributed by atoms with Gasteiger partial charge in [-0.1, -0.05) is 42.5 Å². The van der Waals surface area contributed by atoms with Crippen LogP contribution >= 0.6 is 0 Å². The molecule has 0 radical (unpaired) electrons. The molecule has 6 nitrogen and oxygen atoms in total. The molecule has 4 aromatic rings. The normalized spacial score (nSPS) is 12.1. The van der Waals surface area contributed by atoms with Crippen LogP contribution in [0, 0.1) is 11.6 Å². The molecule has 0 aliphatic carbocycles. The first-order valence-corrected chi connectivity index (χ1v) is 11.2. The third kappa shape index (κ3) is 5.30. The molecule has 0 saturated carbocycles. The van der Waals surface area contributed by atoms with E-state index in [1.807, 2.05) is 41.0 Å². The molecule has 0 fully saturated rings. The lowest BCUT2D eigenvalue weighted by Crippen LogP contribution is -2.38. The number of carbonyl (C=O) groups excluding carboxylic acids is 1. The predicted molar refractivity (Wildman–Crippen MR) is 129 cm³/mol.